The molecule has 2 aromatic carbocycles. The van der Waals surface area contributed by atoms with Gasteiger partial charge in [0.2, 0.25) is 5.91 Å². The third-order valence-corrected chi connectivity index (χ3v) is 4.75. The van der Waals surface area contributed by atoms with Crippen molar-refractivity contribution in [1.29, 1.82) is 0 Å². The molecular weight excluding hydrogens is 468 g/mol. The number of nitrogens with one attached hydrogen (secondary N) is 3. The van der Waals surface area contributed by atoms with Gasteiger partial charge in [-0.3, -0.25) is 14.9 Å². The summed E-state index contributed by atoms with van der Waals surface area (Å²) < 4.78 is 10.4. The smallest absolute Gasteiger partial charge is 0.408 e. The van der Waals surface area contributed by atoms with Crippen molar-refractivity contribution in [3.05, 3.63) is 70.3 Å². The second-order valence-electron chi connectivity index (χ2n) is 8.98. The zero-order chi connectivity index (χ0) is 26.6. The molecule has 194 valence electrons. The third kappa shape index (κ3) is 10.9. The Morgan fingerprint density at radius 2 is 1.64 bits per heavy atom. The Morgan fingerprint density at radius 1 is 0.972 bits per heavy atom. The number of unbranched alkanes of at least 4 members (excludes halogenated alkanes) is 1. The summed E-state index contributed by atoms with van der Waals surface area (Å²) in [5.74, 6) is -0.495. The fraction of sp³-hybridized carbons (Fsp3) is 0.400. The van der Waals surface area contributed by atoms with Crippen LogP contribution < -0.4 is 16.0 Å². The van der Waals surface area contributed by atoms with E-state index in [1.165, 1.54) is 24.3 Å². The number of nitrogens with zero attached hydrogens (tertiary/aromatic N) is 1. The van der Waals surface area contributed by atoms with Gasteiger partial charge >= 0.3 is 12.2 Å². The van der Waals surface area contributed by atoms with Crippen LogP contribution in [0.4, 0.5) is 21.0 Å². The molecule has 0 saturated carbocycles. The van der Waals surface area contributed by atoms with Gasteiger partial charge in [-0.1, -0.05) is 30.3 Å². The number of hydrogen-bond donors (Lipinski definition) is 3. The number of alkyl carbamates (subject to hydrolysis) is 2. The van der Waals surface area contributed by atoms with Gasteiger partial charge in [-0.05, 0) is 57.7 Å². The normalized spacial score (nSPS) is 11.6. The van der Waals surface area contributed by atoms with E-state index in [2.05, 4.69) is 16.0 Å². The number of nitro groups is 1. The Kier molecular flexibility index (Phi) is 10.7. The fourth-order valence-corrected chi connectivity index (χ4v) is 3.05. The molecule has 3 amide bonds. The van der Waals surface area contributed by atoms with E-state index in [0.29, 0.717) is 25.1 Å². The molecule has 0 aliphatic rings. The van der Waals surface area contributed by atoms with Crippen LogP contribution in [0.1, 0.15) is 45.6 Å². The van der Waals surface area contributed by atoms with Gasteiger partial charge in [-0.2, -0.15) is 0 Å². The number of amides is 3. The predicted octanol–water partition coefficient (Wildman–Crippen LogP) is 4.52. The van der Waals surface area contributed by atoms with Gasteiger partial charge in [-0.15, -0.1) is 0 Å². The van der Waals surface area contributed by atoms with Crippen LogP contribution in [0.5, 0.6) is 0 Å². The van der Waals surface area contributed by atoms with E-state index in [1.807, 2.05) is 30.3 Å². The molecule has 0 unspecified atom stereocenters. The van der Waals surface area contributed by atoms with Gasteiger partial charge in [0.15, 0.2) is 0 Å². The molecule has 0 heterocycles. The lowest BCUT2D eigenvalue weighted by Crippen LogP contribution is -2.45. The zero-order valence-electron chi connectivity index (χ0n) is 20.6. The average Bonchev–Trinajstić information content (AvgIpc) is 2.81. The van der Waals surface area contributed by atoms with Gasteiger partial charge in [0, 0.05) is 24.4 Å². The van der Waals surface area contributed by atoms with Crippen molar-refractivity contribution in [1.82, 2.24) is 10.6 Å². The van der Waals surface area contributed by atoms with Crippen molar-refractivity contribution in [3.8, 4) is 0 Å². The van der Waals surface area contributed by atoms with E-state index in [4.69, 9.17) is 9.47 Å². The van der Waals surface area contributed by atoms with Crippen molar-refractivity contribution >= 4 is 29.5 Å². The predicted molar refractivity (Wildman–Crippen MR) is 133 cm³/mol. The number of anilines is 1. The molecule has 0 fully saturated rings. The summed E-state index contributed by atoms with van der Waals surface area (Å²) >= 11 is 0. The molecule has 11 nitrogen and oxygen atoms in total. The zero-order valence-corrected chi connectivity index (χ0v) is 20.6. The lowest BCUT2D eigenvalue weighted by atomic mass is 10.1. The number of ether oxygens (including phenoxy) is 2. The molecule has 1 atom stereocenters. The first kappa shape index (κ1) is 28.1. The number of hydrogen-bond acceptors (Lipinski definition) is 7. The minimum atomic E-state index is -0.917. The van der Waals surface area contributed by atoms with E-state index in [9.17, 15) is 24.5 Å². The highest BCUT2D eigenvalue weighted by atomic mass is 16.6. The molecule has 0 radical (unpaired) electrons. The van der Waals surface area contributed by atoms with Crippen LogP contribution >= 0.6 is 0 Å². The molecule has 3 N–H and O–H groups in total. The Labute approximate surface area is 209 Å². The molecule has 36 heavy (non-hydrogen) atoms. The Hall–Kier alpha value is -4.15. The van der Waals surface area contributed by atoms with Crippen molar-refractivity contribution in [2.24, 2.45) is 0 Å². The van der Waals surface area contributed by atoms with E-state index in [-0.39, 0.29) is 18.7 Å². The van der Waals surface area contributed by atoms with Gasteiger partial charge in [0.05, 0.1) is 4.92 Å². The van der Waals surface area contributed by atoms with Gasteiger partial charge < -0.3 is 25.4 Å². The molecular formula is C25H32N4O7. The van der Waals surface area contributed by atoms with E-state index in [1.54, 1.807) is 20.8 Å². The molecule has 0 aliphatic carbocycles. The maximum absolute atomic E-state index is 12.8. The fourth-order valence-electron chi connectivity index (χ4n) is 3.05. The highest BCUT2D eigenvalue weighted by Crippen LogP contribution is 2.16. The summed E-state index contributed by atoms with van der Waals surface area (Å²) in [7, 11) is 0. The highest BCUT2D eigenvalue weighted by molar-refractivity contribution is 5.96. The maximum Gasteiger partial charge on any atom is 0.408 e. The molecule has 0 saturated heterocycles. The summed E-state index contributed by atoms with van der Waals surface area (Å²) in [5.41, 5.74) is 0.381. The number of carbonyl (C=O) groups is 3. The minimum Gasteiger partial charge on any atom is -0.445 e. The van der Waals surface area contributed by atoms with Crippen molar-refractivity contribution < 1.29 is 28.8 Å². The van der Waals surface area contributed by atoms with Crippen LogP contribution in [-0.2, 0) is 20.9 Å². The largest absolute Gasteiger partial charge is 0.445 e. The van der Waals surface area contributed by atoms with Gasteiger partial charge in [0.25, 0.3) is 5.69 Å². The number of nitro benzene ring substituents is 1. The standard InChI is InChI=1S/C25H32N4O7/c1-25(2,3)36-24(32)28-21(22(30)27-19-12-14-20(15-13-19)29(33)34)11-7-8-16-26-23(31)35-17-18-9-5-4-6-10-18/h4-6,9-10,12-15,21H,7-8,11,16-17H2,1-3H3,(H,26,31)(H,27,30)(H,28,32)/t21-/m0/s1. The molecule has 11 heteroatoms. The first-order valence-electron chi connectivity index (χ1n) is 11.5. The SMILES string of the molecule is CC(C)(C)OC(=O)N[C@@H](CCCCNC(=O)OCc1ccccc1)C(=O)Nc1ccc([N+](=O)[O-])cc1. The van der Waals surface area contributed by atoms with E-state index < -0.39 is 34.7 Å². The lowest BCUT2D eigenvalue weighted by molar-refractivity contribution is -0.384. The van der Waals surface area contributed by atoms with E-state index in [0.717, 1.165) is 5.56 Å². The third-order valence-electron chi connectivity index (χ3n) is 4.75. The Morgan fingerprint density at radius 3 is 2.25 bits per heavy atom. The van der Waals surface area contributed by atoms with Crippen LogP contribution in [0, 0.1) is 10.1 Å². The van der Waals surface area contributed by atoms with Crippen LogP contribution in [0.15, 0.2) is 54.6 Å². The minimum absolute atomic E-state index is 0.105. The van der Waals surface area contributed by atoms with Gasteiger partial charge in [0.1, 0.15) is 18.2 Å². The molecule has 2 rings (SSSR count). The number of non-ortho nitro benzene ring substituents is 1. The Balaban J connectivity index is 1.84. The monoisotopic (exact) mass is 500 g/mol. The number of rotatable bonds is 11. The van der Waals surface area contributed by atoms with Gasteiger partial charge in [-0.25, -0.2) is 9.59 Å². The highest BCUT2D eigenvalue weighted by Gasteiger charge is 2.24. The summed E-state index contributed by atoms with van der Waals surface area (Å²) in [4.78, 5) is 47.2. The number of benzene rings is 2. The van der Waals surface area contributed by atoms with Crippen LogP contribution in [0.25, 0.3) is 0 Å². The molecule has 0 spiro atoms. The van der Waals surface area contributed by atoms with Crippen molar-refractivity contribution in [2.75, 3.05) is 11.9 Å². The lowest BCUT2D eigenvalue weighted by Gasteiger charge is -2.23. The molecule has 2 aromatic rings. The summed E-state index contributed by atoms with van der Waals surface area (Å²) in [6.45, 7) is 5.62. The van der Waals surface area contributed by atoms with Crippen LogP contribution in [0.2, 0.25) is 0 Å². The second-order valence-corrected chi connectivity index (χ2v) is 8.98. The molecule has 0 bridgehead atoms. The average molecular weight is 501 g/mol. The summed E-state index contributed by atoms with van der Waals surface area (Å²) in [5, 5.41) is 18.7. The maximum atomic E-state index is 12.8. The number of carbonyl (C=O) groups excluding carboxylic acids is 3. The molecule has 0 aliphatic heterocycles. The first-order chi connectivity index (χ1) is 17.0. The topological polar surface area (TPSA) is 149 Å². The first-order valence-corrected chi connectivity index (χ1v) is 11.5. The van der Waals surface area contributed by atoms with Crippen molar-refractivity contribution in [2.45, 2.75) is 58.3 Å². The van der Waals surface area contributed by atoms with E-state index >= 15 is 0 Å². The van der Waals surface area contributed by atoms with Crippen LogP contribution in [-0.4, -0.2) is 41.2 Å². The quantitative estimate of drug-likeness (QED) is 0.233. The van der Waals surface area contributed by atoms with Crippen molar-refractivity contribution in [3.63, 3.8) is 0 Å². The summed E-state index contributed by atoms with van der Waals surface area (Å²) in [6.07, 6.45) is 0.0380. The summed E-state index contributed by atoms with van der Waals surface area (Å²) in [6, 6.07) is 13.7. The Bertz CT molecular complexity index is 1020. The molecule has 0 aromatic heterocycles. The van der Waals surface area contributed by atoms with Crippen LogP contribution in [0.3, 0.4) is 0 Å². The second kappa shape index (κ2) is 13.7.